The lowest BCUT2D eigenvalue weighted by Gasteiger charge is -2.32. The van der Waals surface area contributed by atoms with Gasteiger partial charge in [-0.15, -0.1) is 10.2 Å². The van der Waals surface area contributed by atoms with E-state index in [0.29, 0.717) is 21.7 Å². The molecule has 0 bridgehead atoms. The molecule has 2 heterocycles. The molecule has 0 saturated carbocycles. The number of benzene rings is 2. The van der Waals surface area contributed by atoms with Crippen LogP contribution in [0.15, 0.2) is 53.7 Å². The van der Waals surface area contributed by atoms with Gasteiger partial charge in [0.05, 0.1) is 6.04 Å². The second-order valence-corrected chi connectivity index (χ2v) is 7.60. The molecule has 0 fully saturated rings. The second kappa shape index (κ2) is 7.21. The van der Waals surface area contributed by atoms with Gasteiger partial charge in [0.2, 0.25) is 11.1 Å². The number of rotatable bonds is 3. The summed E-state index contributed by atoms with van der Waals surface area (Å²) in [6, 6.07) is 12.6. The van der Waals surface area contributed by atoms with E-state index in [1.54, 1.807) is 41.1 Å². The van der Waals surface area contributed by atoms with Crippen molar-refractivity contribution in [2.45, 2.75) is 23.4 Å². The van der Waals surface area contributed by atoms with Crippen LogP contribution in [0.2, 0.25) is 5.02 Å². The number of nitrogens with zero attached hydrogens (tertiary/aromatic N) is 3. The zero-order valence-corrected chi connectivity index (χ0v) is 15.8. The summed E-state index contributed by atoms with van der Waals surface area (Å²) in [7, 11) is 0. The van der Waals surface area contributed by atoms with Gasteiger partial charge in [-0.3, -0.25) is 4.79 Å². The lowest BCUT2D eigenvalue weighted by Crippen LogP contribution is -2.41. The number of hydrogen-bond donors (Lipinski definition) is 2. The lowest BCUT2D eigenvalue weighted by atomic mass is 10.0. The fourth-order valence-corrected chi connectivity index (χ4v) is 4.08. The Hall–Kier alpha value is -2.58. The first kappa shape index (κ1) is 17.8. The van der Waals surface area contributed by atoms with Crippen molar-refractivity contribution in [3.05, 3.63) is 70.8 Å². The third-order valence-corrected chi connectivity index (χ3v) is 5.66. The van der Waals surface area contributed by atoms with Gasteiger partial charge in [0, 0.05) is 10.7 Å². The number of halogens is 2. The van der Waals surface area contributed by atoms with E-state index in [1.165, 1.54) is 23.9 Å². The molecule has 0 saturated heterocycles. The normalized spacial score (nSPS) is 18.5. The SMILES string of the molecule is Cc1nnc2n1N[C@H](c1ccc(F)cc1)[C@H](C(=O)Nc1ccc(Cl)cc1)S2. The van der Waals surface area contributed by atoms with Crippen molar-refractivity contribution < 1.29 is 9.18 Å². The highest BCUT2D eigenvalue weighted by atomic mass is 35.5. The van der Waals surface area contributed by atoms with Gasteiger partial charge in [0.15, 0.2) is 0 Å². The summed E-state index contributed by atoms with van der Waals surface area (Å²) >= 11 is 7.21. The van der Waals surface area contributed by atoms with Crippen molar-refractivity contribution in [2.75, 3.05) is 10.7 Å². The third kappa shape index (κ3) is 3.63. The van der Waals surface area contributed by atoms with Gasteiger partial charge in [0.25, 0.3) is 0 Å². The van der Waals surface area contributed by atoms with Crippen LogP contribution >= 0.6 is 23.4 Å². The highest BCUT2D eigenvalue weighted by Crippen LogP contribution is 2.37. The molecular weight excluding hydrogens is 389 g/mol. The number of hydrogen-bond acceptors (Lipinski definition) is 5. The van der Waals surface area contributed by atoms with E-state index in [4.69, 9.17) is 11.6 Å². The molecular formula is C18H15ClFN5OS. The van der Waals surface area contributed by atoms with E-state index in [-0.39, 0.29) is 17.8 Å². The first-order valence-corrected chi connectivity index (χ1v) is 9.44. The first-order chi connectivity index (χ1) is 13.0. The fourth-order valence-electron chi connectivity index (χ4n) is 2.83. The summed E-state index contributed by atoms with van der Waals surface area (Å²) in [4.78, 5) is 13.0. The minimum Gasteiger partial charge on any atom is -0.325 e. The molecule has 2 N–H and O–H groups in total. The minimum atomic E-state index is -0.526. The Morgan fingerprint density at radius 1 is 1.19 bits per heavy atom. The number of fused-ring (bicyclic) bond motifs is 1. The summed E-state index contributed by atoms with van der Waals surface area (Å²) in [6.07, 6.45) is 0. The smallest absolute Gasteiger partial charge is 0.240 e. The molecule has 4 rings (SSSR count). The Balaban J connectivity index is 1.65. The highest BCUT2D eigenvalue weighted by molar-refractivity contribution is 8.00. The summed E-state index contributed by atoms with van der Waals surface area (Å²) in [5, 5.41) is 11.7. The summed E-state index contributed by atoms with van der Waals surface area (Å²) in [5.41, 5.74) is 4.71. The maximum Gasteiger partial charge on any atom is 0.240 e. The molecule has 27 heavy (non-hydrogen) atoms. The van der Waals surface area contributed by atoms with Crippen LogP contribution in [0.3, 0.4) is 0 Å². The average molecular weight is 404 g/mol. The molecule has 0 aliphatic carbocycles. The number of aromatic nitrogens is 3. The molecule has 6 nitrogen and oxygen atoms in total. The molecule has 2 aromatic carbocycles. The minimum absolute atomic E-state index is 0.198. The van der Waals surface area contributed by atoms with Gasteiger partial charge in [-0.05, 0) is 48.9 Å². The molecule has 138 valence electrons. The van der Waals surface area contributed by atoms with Crippen LogP contribution in [-0.2, 0) is 4.79 Å². The van der Waals surface area contributed by atoms with Gasteiger partial charge >= 0.3 is 0 Å². The Morgan fingerprint density at radius 3 is 2.59 bits per heavy atom. The molecule has 0 radical (unpaired) electrons. The summed E-state index contributed by atoms with van der Waals surface area (Å²) in [5.74, 6) is 0.155. The highest BCUT2D eigenvalue weighted by Gasteiger charge is 2.37. The van der Waals surface area contributed by atoms with Crippen LogP contribution in [0, 0.1) is 12.7 Å². The van der Waals surface area contributed by atoms with Crippen LogP contribution in [0.1, 0.15) is 17.4 Å². The van der Waals surface area contributed by atoms with Crippen LogP contribution < -0.4 is 10.7 Å². The Morgan fingerprint density at radius 2 is 1.89 bits per heavy atom. The molecule has 1 aliphatic heterocycles. The van der Waals surface area contributed by atoms with E-state index in [0.717, 1.165) is 5.56 Å². The molecule has 1 amide bonds. The Bertz CT molecular complexity index is 976. The monoisotopic (exact) mass is 403 g/mol. The summed E-state index contributed by atoms with van der Waals surface area (Å²) < 4.78 is 15.1. The number of anilines is 1. The predicted octanol–water partition coefficient (Wildman–Crippen LogP) is 3.78. The number of carbonyl (C=O) groups excluding carboxylic acids is 1. The third-order valence-electron chi connectivity index (χ3n) is 4.20. The molecule has 9 heteroatoms. The van der Waals surface area contributed by atoms with Gasteiger partial charge in [0.1, 0.15) is 16.9 Å². The Kier molecular flexibility index (Phi) is 4.75. The van der Waals surface area contributed by atoms with Crippen molar-refractivity contribution in [3.8, 4) is 0 Å². The molecule has 0 spiro atoms. The first-order valence-electron chi connectivity index (χ1n) is 8.18. The van der Waals surface area contributed by atoms with Crippen LogP contribution in [0.25, 0.3) is 0 Å². The van der Waals surface area contributed by atoms with E-state index in [1.807, 2.05) is 6.92 Å². The maximum absolute atomic E-state index is 13.3. The van der Waals surface area contributed by atoms with Crippen molar-refractivity contribution in [3.63, 3.8) is 0 Å². The lowest BCUT2D eigenvalue weighted by molar-refractivity contribution is -0.116. The van der Waals surface area contributed by atoms with Crippen molar-refractivity contribution in [2.24, 2.45) is 0 Å². The van der Waals surface area contributed by atoms with Gasteiger partial charge in [-0.1, -0.05) is 35.5 Å². The van der Waals surface area contributed by atoms with Gasteiger partial charge < -0.3 is 10.7 Å². The molecule has 0 unspecified atom stereocenters. The second-order valence-electron chi connectivity index (χ2n) is 6.06. The number of carbonyl (C=O) groups is 1. The number of nitrogens with one attached hydrogen (secondary N) is 2. The van der Waals surface area contributed by atoms with E-state index >= 15 is 0 Å². The van der Waals surface area contributed by atoms with Gasteiger partial charge in [-0.25, -0.2) is 9.07 Å². The summed E-state index contributed by atoms with van der Waals surface area (Å²) in [6.45, 7) is 1.82. The molecule has 2 atom stereocenters. The van der Waals surface area contributed by atoms with Crippen LogP contribution in [-0.4, -0.2) is 26.0 Å². The Labute approximate surface area is 164 Å². The zero-order valence-electron chi connectivity index (χ0n) is 14.2. The largest absolute Gasteiger partial charge is 0.325 e. The zero-order chi connectivity index (χ0) is 19.0. The van der Waals surface area contributed by atoms with E-state index in [2.05, 4.69) is 20.9 Å². The van der Waals surface area contributed by atoms with Crippen LogP contribution in [0.5, 0.6) is 0 Å². The van der Waals surface area contributed by atoms with Gasteiger partial charge in [-0.2, -0.15) is 0 Å². The quantitative estimate of drug-likeness (QED) is 0.696. The standard InChI is InChI=1S/C18H15ClFN5OS/c1-10-22-23-18-25(10)24-15(11-2-6-13(20)7-3-11)16(27-18)17(26)21-14-8-4-12(19)5-9-14/h2-9,15-16,24H,1H3,(H,21,26)/t15-,16-/m1/s1. The molecule has 1 aromatic heterocycles. The maximum atomic E-state index is 13.3. The van der Waals surface area contributed by atoms with Crippen molar-refractivity contribution >= 4 is 35.0 Å². The van der Waals surface area contributed by atoms with Crippen molar-refractivity contribution in [1.82, 2.24) is 14.9 Å². The average Bonchev–Trinajstić information content (AvgIpc) is 3.03. The number of thioether (sulfide) groups is 1. The van der Waals surface area contributed by atoms with E-state index in [9.17, 15) is 9.18 Å². The fraction of sp³-hybridized carbons (Fsp3) is 0.167. The molecule has 3 aromatic rings. The topological polar surface area (TPSA) is 71.8 Å². The van der Waals surface area contributed by atoms with E-state index < -0.39 is 5.25 Å². The predicted molar refractivity (Wildman–Crippen MR) is 103 cm³/mol. The molecule has 1 aliphatic rings. The number of aryl methyl sites for hydroxylation is 1. The van der Waals surface area contributed by atoms with Crippen LogP contribution in [0.4, 0.5) is 10.1 Å². The van der Waals surface area contributed by atoms with Crippen molar-refractivity contribution in [1.29, 1.82) is 0 Å². The number of amides is 1.